The van der Waals surface area contributed by atoms with Crippen molar-refractivity contribution in [1.82, 2.24) is 10.6 Å². The van der Waals surface area contributed by atoms with Gasteiger partial charge in [-0.15, -0.1) is 0 Å². The summed E-state index contributed by atoms with van der Waals surface area (Å²) >= 11 is 0. The summed E-state index contributed by atoms with van der Waals surface area (Å²) in [5.74, 6) is -0.270. The first-order valence-corrected chi connectivity index (χ1v) is 9.54. The molecule has 3 aliphatic heterocycles. The molecule has 3 N–H and O–H groups in total. The first-order valence-electron chi connectivity index (χ1n) is 9.54. The summed E-state index contributed by atoms with van der Waals surface area (Å²) in [7, 11) is 0. The average Bonchev–Trinajstić information content (AvgIpc) is 3.24. The Balaban J connectivity index is 1.51. The van der Waals surface area contributed by atoms with E-state index in [0.717, 1.165) is 18.4 Å². The normalized spacial score (nSPS) is 29.0. The Morgan fingerprint density at radius 1 is 1.26 bits per heavy atom. The molecule has 144 valence electrons. The van der Waals surface area contributed by atoms with Gasteiger partial charge in [0.15, 0.2) is 0 Å². The monoisotopic (exact) mass is 371 g/mol. The number of hydrogen-bond donors (Lipinski definition) is 3. The number of amides is 3. The quantitative estimate of drug-likeness (QED) is 0.750. The van der Waals surface area contributed by atoms with Crippen molar-refractivity contribution in [2.45, 2.75) is 63.1 Å². The maximum Gasteiger partial charge on any atom is 0.251 e. The summed E-state index contributed by atoms with van der Waals surface area (Å²) in [6.07, 6.45) is 2.79. The highest BCUT2D eigenvalue weighted by Crippen LogP contribution is 2.37. The van der Waals surface area contributed by atoms with E-state index in [2.05, 4.69) is 16.0 Å². The second kappa shape index (κ2) is 6.64. The van der Waals surface area contributed by atoms with Crippen LogP contribution in [0.2, 0.25) is 0 Å². The van der Waals surface area contributed by atoms with Crippen LogP contribution in [0.4, 0.5) is 5.69 Å². The largest absolute Gasteiger partial charge is 0.376 e. The van der Waals surface area contributed by atoms with Crippen LogP contribution in [0.15, 0.2) is 18.2 Å². The van der Waals surface area contributed by atoms with Gasteiger partial charge in [-0.05, 0) is 50.8 Å². The summed E-state index contributed by atoms with van der Waals surface area (Å²) in [6.45, 7) is 4.42. The van der Waals surface area contributed by atoms with Crippen molar-refractivity contribution in [3.8, 4) is 0 Å². The zero-order valence-corrected chi connectivity index (χ0v) is 15.6. The van der Waals surface area contributed by atoms with Crippen LogP contribution < -0.4 is 16.0 Å². The average molecular weight is 371 g/mol. The van der Waals surface area contributed by atoms with Gasteiger partial charge in [-0.25, -0.2) is 0 Å². The zero-order chi connectivity index (χ0) is 19.2. The highest BCUT2D eigenvalue weighted by atomic mass is 16.5. The third kappa shape index (κ3) is 3.20. The molecule has 2 fully saturated rings. The number of ether oxygens (including phenoxy) is 1. The molecular weight excluding hydrogens is 346 g/mol. The van der Waals surface area contributed by atoms with E-state index in [1.165, 1.54) is 0 Å². The second-order valence-electron chi connectivity index (χ2n) is 8.10. The molecule has 3 aliphatic rings. The summed E-state index contributed by atoms with van der Waals surface area (Å²) in [4.78, 5) is 36.8. The van der Waals surface area contributed by atoms with Crippen LogP contribution in [-0.4, -0.2) is 42.5 Å². The van der Waals surface area contributed by atoms with Gasteiger partial charge < -0.3 is 20.7 Å². The van der Waals surface area contributed by atoms with Gasteiger partial charge in [-0.2, -0.15) is 0 Å². The number of hydrogen-bond acceptors (Lipinski definition) is 4. The molecule has 27 heavy (non-hydrogen) atoms. The smallest absolute Gasteiger partial charge is 0.251 e. The van der Waals surface area contributed by atoms with Crippen molar-refractivity contribution >= 4 is 23.4 Å². The van der Waals surface area contributed by atoms with E-state index in [-0.39, 0.29) is 35.9 Å². The highest BCUT2D eigenvalue weighted by Gasteiger charge is 2.40. The van der Waals surface area contributed by atoms with Gasteiger partial charge in [0.1, 0.15) is 0 Å². The van der Waals surface area contributed by atoms with E-state index >= 15 is 0 Å². The Kier molecular flexibility index (Phi) is 4.42. The number of carbonyl (C=O) groups is 3. The minimum Gasteiger partial charge on any atom is -0.376 e. The molecule has 3 heterocycles. The third-order valence-corrected chi connectivity index (χ3v) is 5.90. The molecule has 1 aromatic rings. The van der Waals surface area contributed by atoms with Gasteiger partial charge in [-0.3, -0.25) is 14.4 Å². The third-order valence-electron chi connectivity index (χ3n) is 5.90. The number of benzene rings is 1. The number of nitrogens with one attached hydrogen (secondary N) is 3. The summed E-state index contributed by atoms with van der Waals surface area (Å²) in [5.41, 5.74) is 1.48. The van der Waals surface area contributed by atoms with Crippen molar-refractivity contribution in [3.63, 3.8) is 0 Å². The molecule has 7 nitrogen and oxygen atoms in total. The molecule has 3 amide bonds. The first kappa shape index (κ1) is 18.0. The van der Waals surface area contributed by atoms with Gasteiger partial charge in [0.25, 0.3) is 5.91 Å². The molecule has 0 saturated carbocycles. The molecule has 3 unspecified atom stereocenters. The van der Waals surface area contributed by atoms with E-state index < -0.39 is 5.41 Å². The lowest BCUT2D eigenvalue weighted by Gasteiger charge is -2.36. The molecule has 0 aliphatic carbocycles. The summed E-state index contributed by atoms with van der Waals surface area (Å²) in [5, 5.41) is 8.90. The maximum absolute atomic E-state index is 12.8. The van der Waals surface area contributed by atoms with Crippen molar-refractivity contribution in [3.05, 3.63) is 29.3 Å². The van der Waals surface area contributed by atoms with Crippen LogP contribution in [0.5, 0.6) is 0 Å². The van der Waals surface area contributed by atoms with Crippen LogP contribution in [0.25, 0.3) is 0 Å². The van der Waals surface area contributed by atoms with Crippen LogP contribution in [0.3, 0.4) is 0 Å². The highest BCUT2D eigenvalue weighted by molar-refractivity contribution is 6.07. The Morgan fingerprint density at radius 3 is 2.81 bits per heavy atom. The maximum atomic E-state index is 12.8. The van der Waals surface area contributed by atoms with Crippen molar-refractivity contribution in [2.75, 3.05) is 11.9 Å². The first-order chi connectivity index (χ1) is 12.9. The van der Waals surface area contributed by atoms with E-state index in [4.69, 9.17) is 4.74 Å². The number of anilines is 1. The Bertz CT molecular complexity index is 798. The SMILES string of the molecule is CC1(C)C(=O)Nc2cc(C(=O)NC3CCC(=O)NC3C3CCCO3)ccc21. The molecule has 2 saturated heterocycles. The minimum absolute atomic E-state index is 0.00322. The van der Waals surface area contributed by atoms with E-state index in [9.17, 15) is 14.4 Å². The van der Waals surface area contributed by atoms with Crippen molar-refractivity contribution in [2.24, 2.45) is 0 Å². The topological polar surface area (TPSA) is 96.5 Å². The summed E-state index contributed by atoms with van der Waals surface area (Å²) < 4.78 is 5.74. The fraction of sp³-hybridized carbons (Fsp3) is 0.550. The van der Waals surface area contributed by atoms with Crippen molar-refractivity contribution < 1.29 is 19.1 Å². The Hall–Kier alpha value is -2.41. The number of fused-ring (bicyclic) bond motifs is 1. The van der Waals surface area contributed by atoms with Crippen LogP contribution in [-0.2, 0) is 19.7 Å². The lowest BCUT2D eigenvalue weighted by Crippen LogP contribution is -2.60. The molecule has 4 rings (SSSR count). The van der Waals surface area contributed by atoms with Crippen LogP contribution in [0.1, 0.15) is 55.5 Å². The Labute approximate surface area is 158 Å². The van der Waals surface area contributed by atoms with Gasteiger partial charge in [0.2, 0.25) is 11.8 Å². The van der Waals surface area contributed by atoms with Crippen LogP contribution >= 0.6 is 0 Å². The molecule has 1 aromatic carbocycles. The van der Waals surface area contributed by atoms with E-state index in [1.54, 1.807) is 12.1 Å². The Morgan fingerprint density at radius 2 is 2.07 bits per heavy atom. The molecule has 0 aromatic heterocycles. The lowest BCUT2D eigenvalue weighted by atomic mass is 9.86. The predicted molar refractivity (Wildman–Crippen MR) is 99.5 cm³/mol. The molecule has 0 spiro atoms. The predicted octanol–water partition coefficient (Wildman–Crippen LogP) is 1.47. The molecular formula is C20H25N3O4. The molecule has 3 atom stereocenters. The lowest BCUT2D eigenvalue weighted by molar-refractivity contribution is -0.125. The number of rotatable bonds is 3. The molecule has 0 bridgehead atoms. The standard InChI is InChI=1S/C20H25N3O4/c1-20(2)12-6-5-11(10-14(12)22-19(20)26)18(25)21-13-7-8-16(24)23-17(13)15-4-3-9-27-15/h5-6,10,13,15,17H,3-4,7-9H2,1-2H3,(H,21,25)(H,22,26)(H,23,24). The fourth-order valence-electron chi connectivity index (χ4n) is 4.21. The van der Waals surface area contributed by atoms with Crippen molar-refractivity contribution in [1.29, 1.82) is 0 Å². The van der Waals surface area contributed by atoms with E-state index in [1.807, 2.05) is 19.9 Å². The van der Waals surface area contributed by atoms with Gasteiger partial charge in [0, 0.05) is 24.3 Å². The molecule has 7 heteroatoms. The van der Waals surface area contributed by atoms with Gasteiger partial charge >= 0.3 is 0 Å². The second-order valence-corrected chi connectivity index (χ2v) is 8.10. The molecule has 0 radical (unpaired) electrons. The minimum atomic E-state index is -0.594. The van der Waals surface area contributed by atoms with Gasteiger partial charge in [0.05, 0.1) is 23.6 Å². The zero-order valence-electron chi connectivity index (χ0n) is 15.6. The van der Waals surface area contributed by atoms with E-state index in [0.29, 0.717) is 30.7 Å². The number of carbonyl (C=O) groups excluding carboxylic acids is 3. The summed E-state index contributed by atoms with van der Waals surface area (Å²) in [6, 6.07) is 4.93. The van der Waals surface area contributed by atoms with Gasteiger partial charge in [-0.1, -0.05) is 6.07 Å². The number of piperidine rings is 1. The fourth-order valence-corrected chi connectivity index (χ4v) is 4.21. The van der Waals surface area contributed by atoms with Crippen LogP contribution in [0, 0.1) is 0 Å².